The van der Waals surface area contributed by atoms with Crippen molar-refractivity contribution < 1.29 is 14.6 Å². The van der Waals surface area contributed by atoms with Crippen LogP contribution in [0.3, 0.4) is 0 Å². The molecule has 0 saturated carbocycles. The van der Waals surface area contributed by atoms with Gasteiger partial charge in [-0.15, -0.1) is 0 Å². The van der Waals surface area contributed by atoms with Crippen molar-refractivity contribution in [2.75, 3.05) is 13.7 Å². The topological polar surface area (TPSA) is 71.5 Å². The number of ether oxygens (including phenoxy) is 1. The fourth-order valence-corrected chi connectivity index (χ4v) is 1.90. The van der Waals surface area contributed by atoms with E-state index < -0.39 is 0 Å². The Hall–Kier alpha value is -2.14. The number of carbonyl (C=O) groups is 1. The summed E-state index contributed by atoms with van der Waals surface area (Å²) >= 11 is 0. The summed E-state index contributed by atoms with van der Waals surface area (Å²) in [5.74, 6) is 0.504. The van der Waals surface area contributed by atoms with Crippen molar-refractivity contribution >= 4 is 16.8 Å². The van der Waals surface area contributed by atoms with Gasteiger partial charge in [-0.1, -0.05) is 6.92 Å². The van der Waals surface area contributed by atoms with Crippen molar-refractivity contribution in [3.63, 3.8) is 0 Å². The molecule has 0 saturated heterocycles. The molecule has 0 aliphatic heterocycles. The van der Waals surface area contributed by atoms with Crippen molar-refractivity contribution in [2.45, 2.75) is 19.4 Å². The predicted molar refractivity (Wildman–Crippen MR) is 76.9 cm³/mol. The zero-order valence-electron chi connectivity index (χ0n) is 11.6. The molecule has 0 bridgehead atoms. The first-order valence-corrected chi connectivity index (χ1v) is 6.53. The number of aliphatic hydroxyl groups is 1. The maximum Gasteiger partial charge on any atom is 0.253 e. The summed E-state index contributed by atoms with van der Waals surface area (Å²) in [7, 11) is 1.60. The molecule has 5 heteroatoms. The van der Waals surface area contributed by atoms with Crippen molar-refractivity contribution in [3.05, 3.63) is 36.0 Å². The van der Waals surface area contributed by atoms with Crippen LogP contribution in [0.2, 0.25) is 0 Å². The average Bonchev–Trinajstić information content (AvgIpc) is 2.51. The summed E-state index contributed by atoms with van der Waals surface area (Å²) in [5.41, 5.74) is 1.25. The van der Waals surface area contributed by atoms with E-state index in [2.05, 4.69) is 10.3 Å². The first-order valence-electron chi connectivity index (χ1n) is 6.53. The zero-order valence-corrected chi connectivity index (χ0v) is 11.6. The fourth-order valence-electron chi connectivity index (χ4n) is 1.90. The van der Waals surface area contributed by atoms with E-state index in [9.17, 15) is 4.79 Å². The van der Waals surface area contributed by atoms with E-state index in [0.717, 1.165) is 16.7 Å². The van der Waals surface area contributed by atoms with Gasteiger partial charge in [0.2, 0.25) is 0 Å². The molecular formula is C15H18N2O3. The second-order valence-corrected chi connectivity index (χ2v) is 4.54. The van der Waals surface area contributed by atoms with Crippen LogP contribution in [0, 0.1) is 0 Å². The number of nitrogens with zero attached hydrogens (tertiary/aromatic N) is 1. The molecule has 1 aromatic carbocycles. The average molecular weight is 274 g/mol. The molecule has 0 aliphatic carbocycles. The van der Waals surface area contributed by atoms with Gasteiger partial charge >= 0.3 is 0 Å². The van der Waals surface area contributed by atoms with E-state index in [1.165, 1.54) is 6.20 Å². The van der Waals surface area contributed by atoms with E-state index in [4.69, 9.17) is 9.84 Å². The molecule has 2 N–H and O–H groups in total. The highest BCUT2D eigenvalue weighted by Crippen LogP contribution is 2.19. The third-order valence-corrected chi connectivity index (χ3v) is 3.20. The van der Waals surface area contributed by atoms with Crippen LogP contribution >= 0.6 is 0 Å². The predicted octanol–water partition coefficient (Wildman–Crippen LogP) is 1.74. The van der Waals surface area contributed by atoms with Crippen LogP contribution in [-0.4, -0.2) is 35.8 Å². The Labute approximate surface area is 117 Å². The van der Waals surface area contributed by atoms with Crippen LogP contribution in [0.25, 0.3) is 10.9 Å². The van der Waals surface area contributed by atoms with Gasteiger partial charge in [0.25, 0.3) is 5.91 Å². The minimum atomic E-state index is -0.228. The van der Waals surface area contributed by atoms with Crippen molar-refractivity contribution in [2.24, 2.45) is 0 Å². The highest BCUT2D eigenvalue weighted by molar-refractivity contribution is 5.97. The molecule has 1 atom stereocenters. The molecule has 20 heavy (non-hydrogen) atoms. The number of aliphatic hydroxyl groups excluding tert-OH is 1. The van der Waals surface area contributed by atoms with E-state index in [1.807, 2.05) is 25.1 Å². The second-order valence-electron chi connectivity index (χ2n) is 4.54. The smallest absolute Gasteiger partial charge is 0.253 e. The van der Waals surface area contributed by atoms with Crippen molar-refractivity contribution in [1.29, 1.82) is 0 Å². The highest BCUT2D eigenvalue weighted by Gasteiger charge is 2.12. The van der Waals surface area contributed by atoms with Crippen LogP contribution in [-0.2, 0) is 0 Å². The Morgan fingerprint density at radius 2 is 2.25 bits per heavy atom. The van der Waals surface area contributed by atoms with Gasteiger partial charge in [0.1, 0.15) is 5.75 Å². The number of pyridine rings is 1. The first kappa shape index (κ1) is 14.3. The molecule has 2 rings (SSSR count). The van der Waals surface area contributed by atoms with Crippen LogP contribution in [0.15, 0.2) is 30.5 Å². The number of nitrogens with one attached hydrogen (secondary N) is 1. The largest absolute Gasteiger partial charge is 0.497 e. The van der Waals surface area contributed by atoms with Gasteiger partial charge in [0.15, 0.2) is 0 Å². The number of carbonyl (C=O) groups excluding carboxylic acids is 1. The molecule has 2 aromatic rings. The van der Waals surface area contributed by atoms with Crippen LogP contribution in [0.5, 0.6) is 5.75 Å². The normalized spacial score (nSPS) is 12.2. The molecule has 5 nitrogen and oxygen atoms in total. The maximum absolute atomic E-state index is 12.1. The van der Waals surface area contributed by atoms with Crippen LogP contribution < -0.4 is 10.1 Å². The first-order chi connectivity index (χ1) is 9.67. The number of hydrogen-bond acceptors (Lipinski definition) is 4. The molecule has 0 fully saturated rings. The highest BCUT2D eigenvalue weighted by atomic mass is 16.5. The molecular weight excluding hydrogens is 256 g/mol. The zero-order chi connectivity index (χ0) is 14.5. The Bertz CT molecular complexity index is 609. The fraction of sp³-hybridized carbons (Fsp3) is 0.333. The summed E-state index contributed by atoms with van der Waals surface area (Å²) in [6.07, 6.45) is 2.21. The molecule has 0 radical (unpaired) electrons. The number of benzene rings is 1. The number of fused-ring (bicyclic) bond motifs is 1. The minimum Gasteiger partial charge on any atom is -0.497 e. The second kappa shape index (κ2) is 6.34. The monoisotopic (exact) mass is 274 g/mol. The van der Waals surface area contributed by atoms with Gasteiger partial charge in [0, 0.05) is 17.6 Å². The number of rotatable bonds is 5. The summed E-state index contributed by atoms with van der Waals surface area (Å²) in [4.78, 5) is 16.3. The van der Waals surface area contributed by atoms with Gasteiger partial charge in [0.05, 0.1) is 30.8 Å². The van der Waals surface area contributed by atoms with E-state index >= 15 is 0 Å². The molecule has 0 spiro atoms. The molecule has 1 aromatic heterocycles. The van der Waals surface area contributed by atoms with E-state index in [-0.39, 0.29) is 18.6 Å². The molecule has 1 heterocycles. The molecule has 106 valence electrons. The van der Waals surface area contributed by atoms with Gasteiger partial charge in [-0.25, -0.2) is 0 Å². The van der Waals surface area contributed by atoms with Crippen molar-refractivity contribution in [3.8, 4) is 5.75 Å². The third-order valence-electron chi connectivity index (χ3n) is 3.20. The van der Waals surface area contributed by atoms with Crippen LogP contribution in [0.1, 0.15) is 23.7 Å². The van der Waals surface area contributed by atoms with Crippen LogP contribution in [0.4, 0.5) is 0 Å². The standard InChI is InChI=1S/C15H18N2O3/c1-3-12(9-18)17-15(19)11-6-10-4-5-13(20-2)7-14(10)16-8-11/h4-8,12,18H,3,9H2,1-2H3,(H,17,19). The molecule has 1 amide bonds. The number of amides is 1. The van der Waals surface area contributed by atoms with Crippen molar-refractivity contribution in [1.82, 2.24) is 10.3 Å². The Morgan fingerprint density at radius 3 is 2.90 bits per heavy atom. The number of hydrogen-bond donors (Lipinski definition) is 2. The van der Waals surface area contributed by atoms with E-state index in [0.29, 0.717) is 12.0 Å². The lowest BCUT2D eigenvalue weighted by atomic mass is 10.1. The van der Waals surface area contributed by atoms with Gasteiger partial charge in [-0.3, -0.25) is 9.78 Å². The Morgan fingerprint density at radius 1 is 1.45 bits per heavy atom. The minimum absolute atomic E-state index is 0.0690. The molecule has 0 aliphatic rings. The van der Waals surface area contributed by atoms with Gasteiger partial charge in [-0.05, 0) is 24.6 Å². The summed E-state index contributed by atoms with van der Waals surface area (Å²) in [5, 5.41) is 12.7. The quantitative estimate of drug-likeness (QED) is 0.871. The molecule has 1 unspecified atom stereocenters. The van der Waals surface area contributed by atoms with E-state index in [1.54, 1.807) is 13.2 Å². The SMILES string of the molecule is CCC(CO)NC(=O)c1cnc2cc(OC)ccc2c1. The third kappa shape index (κ3) is 3.05. The lowest BCUT2D eigenvalue weighted by molar-refractivity contribution is 0.0915. The lowest BCUT2D eigenvalue weighted by Crippen LogP contribution is -2.36. The van der Waals surface area contributed by atoms with Gasteiger partial charge < -0.3 is 15.2 Å². The summed E-state index contributed by atoms with van der Waals surface area (Å²) in [6.45, 7) is 1.84. The Balaban J connectivity index is 2.25. The summed E-state index contributed by atoms with van der Waals surface area (Å²) < 4.78 is 5.13. The lowest BCUT2D eigenvalue weighted by Gasteiger charge is -2.14. The summed E-state index contributed by atoms with van der Waals surface area (Å²) in [6, 6.07) is 7.06. The van der Waals surface area contributed by atoms with Gasteiger partial charge in [-0.2, -0.15) is 0 Å². The number of aromatic nitrogens is 1. The number of methoxy groups -OCH3 is 1. The Kier molecular flexibility index (Phi) is 4.53. The maximum atomic E-state index is 12.1.